The van der Waals surface area contributed by atoms with Gasteiger partial charge in [0.1, 0.15) is 5.69 Å². The van der Waals surface area contributed by atoms with Gasteiger partial charge in [0.25, 0.3) is 0 Å². The maximum atomic E-state index is 15.0. The van der Waals surface area contributed by atoms with Crippen LogP contribution in [0, 0.1) is 30.4 Å². The van der Waals surface area contributed by atoms with Gasteiger partial charge in [-0.1, -0.05) is 36.1 Å². The Hall–Kier alpha value is -4.05. The van der Waals surface area contributed by atoms with Gasteiger partial charge < -0.3 is 4.90 Å². The molecular weight excluding hydrogens is 424 g/mol. The first-order valence-electron chi connectivity index (χ1n) is 10.3. The number of aryl methyl sites for hydroxylation is 1. The maximum absolute atomic E-state index is 15.0. The van der Waals surface area contributed by atoms with Crippen molar-refractivity contribution in [3.05, 3.63) is 94.8 Å². The molecule has 5 nitrogen and oxygen atoms in total. The molecule has 2 aromatic carbocycles. The van der Waals surface area contributed by atoms with Crippen LogP contribution in [0.15, 0.2) is 60.7 Å². The summed E-state index contributed by atoms with van der Waals surface area (Å²) in [6.07, 6.45) is -0.180. The quantitative estimate of drug-likeness (QED) is 0.534. The lowest BCUT2D eigenvalue weighted by molar-refractivity contribution is -0.122. The van der Waals surface area contributed by atoms with Crippen molar-refractivity contribution in [2.24, 2.45) is 0 Å². The molecule has 0 unspecified atom stereocenters. The van der Waals surface area contributed by atoms with Crippen LogP contribution in [0.2, 0.25) is 0 Å². The van der Waals surface area contributed by atoms with E-state index in [1.807, 2.05) is 6.07 Å². The Labute approximate surface area is 190 Å². The molecule has 1 aromatic heterocycles. The number of halogens is 2. The minimum absolute atomic E-state index is 0.0941. The number of hydrogen-bond acceptors (Lipinski definition) is 3. The van der Waals surface area contributed by atoms with Crippen molar-refractivity contribution in [2.75, 3.05) is 11.9 Å². The number of hydrogen-bond donors (Lipinski definition) is 0. The predicted octanol–water partition coefficient (Wildman–Crippen LogP) is 4.77. The summed E-state index contributed by atoms with van der Waals surface area (Å²) < 4.78 is 30.0. The van der Waals surface area contributed by atoms with Gasteiger partial charge in [-0.05, 0) is 50.2 Å². The largest absolute Gasteiger partial charge is 0.332 e. The van der Waals surface area contributed by atoms with E-state index in [-0.39, 0.29) is 12.0 Å². The first kappa shape index (κ1) is 22.2. The van der Waals surface area contributed by atoms with E-state index in [4.69, 9.17) is 0 Å². The second kappa shape index (κ2) is 8.47. The van der Waals surface area contributed by atoms with Crippen LogP contribution >= 0.6 is 0 Å². The summed E-state index contributed by atoms with van der Waals surface area (Å²) >= 11 is 0. The molecule has 1 saturated heterocycles. The van der Waals surface area contributed by atoms with Gasteiger partial charge in [-0.2, -0.15) is 0 Å². The van der Waals surface area contributed by atoms with E-state index in [9.17, 15) is 18.4 Å². The van der Waals surface area contributed by atoms with E-state index in [0.717, 1.165) is 17.8 Å². The standard InChI is InChI=1S/C26H21F2N3O2/c1-17-8-7-11-22(29-17)26(2)16-23(32)31(25(33)30(26)3)24-20(27)14-19(15-21(24)28)13-12-18-9-5-4-6-10-18/h4-11,14-15H,16H2,1-3H3/t26-/m0/s1. The molecule has 166 valence electrons. The minimum atomic E-state index is -1.05. The molecule has 3 aromatic rings. The van der Waals surface area contributed by atoms with Crippen molar-refractivity contribution in [2.45, 2.75) is 25.8 Å². The monoisotopic (exact) mass is 445 g/mol. The Kier molecular flexibility index (Phi) is 5.69. The highest BCUT2D eigenvalue weighted by molar-refractivity contribution is 6.16. The molecule has 0 aliphatic carbocycles. The first-order chi connectivity index (χ1) is 15.7. The fraction of sp³-hybridized carbons (Fsp3) is 0.192. The molecule has 7 heteroatoms. The van der Waals surface area contributed by atoms with Gasteiger partial charge in [0, 0.05) is 23.9 Å². The van der Waals surface area contributed by atoms with Crippen LogP contribution in [-0.4, -0.2) is 28.9 Å². The van der Waals surface area contributed by atoms with E-state index < -0.39 is 34.8 Å². The summed E-state index contributed by atoms with van der Waals surface area (Å²) in [6, 6.07) is 15.5. The number of carbonyl (C=O) groups is 2. The van der Waals surface area contributed by atoms with Crippen LogP contribution in [0.5, 0.6) is 0 Å². The molecule has 2 heterocycles. The number of anilines is 1. The van der Waals surface area contributed by atoms with Crippen LogP contribution in [-0.2, 0) is 10.3 Å². The summed E-state index contributed by atoms with van der Waals surface area (Å²) in [5, 5.41) is 0. The van der Waals surface area contributed by atoms with Gasteiger partial charge in [0.05, 0.1) is 17.7 Å². The van der Waals surface area contributed by atoms with E-state index in [1.165, 1.54) is 11.9 Å². The zero-order valence-electron chi connectivity index (χ0n) is 18.4. The van der Waals surface area contributed by atoms with Crippen molar-refractivity contribution >= 4 is 17.6 Å². The number of urea groups is 1. The van der Waals surface area contributed by atoms with Crippen LogP contribution in [0.3, 0.4) is 0 Å². The SMILES string of the molecule is Cc1cccc([C@]2(C)CC(=O)N(c3c(F)cc(C#Cc4ccccc4)cc3F)C(=O)N2C)n1. The number of aromatic nitrogens is 1. The normalized spacial score (nSPS) is 18.2. The molecule has 0 saturated carbocycles. The fourth-order valence-corrected chi connectivity index (χ4v) is 3.80. The summed E-state index contributed by atoms with van der Waals surface area (Å²) in [5.41, 5.74) is 0.283. The van der Waals surface area contributed by atoms with E-state index >= 15 is 0 Å². The fourth-order valence-electron chi connectivity index (χ4n) is 3.80. The van der Waals surface area contributed by atoms with E-state index in [2.05, 4.69) is 16.8 Å². The Morgan fingerprint density at radius 2 is 1.58 bits per heavy atom. The van der Waals surface area contributed by atoms with Crippen LogP contribution in [0.4, 0.5) is 19.3 Å². The van der Waals surface area contributed by atoms with E-state index in [1.54, 1.807) is 56.3 Å². The van der Waals surface area contributed by atoms with Gasteiger partial charge in [0.15, 0.2) is 11.6 Å². The zero-order valence-corrected chi connectivity index (χ0v) is 18.4. The number of rotatable bonds is 2. The van der Waals surface area contributed by atoms with Crippen LogP contribution in [0.25, 0.3) is 0 Å². The Morgan fingerprint density at radius 3 is 2.21 bits per heavy atom. The molecule has 3 amide bonds. The predicted molar refractivity (Wildman–Crippen MR) is 120 cm³/mol. The van der Waals surface area contributed by atoms with Gasteiger partial charge in [-0.3, -0.25) is 9.78 Å². The minimum Gasteiger partial charge on any atom is -0.315 e. The lowest BCUT2D eigenvalue weighted by atomic mass is 9.88. The molecule has 0 spiro atoms. The summed E-state index contributed by atoms with van der Waals surface area (Å²) in [7, 11) is 1.49. The topological polar surface area (TPSA) is 53.5 Å². The lowest BCUT2D eigenvalue weighted by Gasteiger charge is -2.45. The average molecular weight is 445 g/mol. The third-order valence-electron chi connectivity index (χ3n) is 5.77. The molecule has 0 radical (unpaired) electrons. The smallest absolute Gasteiger partial charge is 0.315 e. The molecule has 0 N–H and O–H groups in total. The average Bonchev–Trinajstić information content (AvgIpc) is 2.78. The number of amides is 3. The number of benzene rings is 2. The summed E-state index contributed by atoms with van der Waals surface area (Å²) in [5.74, 6) is 2.73. The molecule has 33 heavy (non-hydrogen) atoms. The molecule has 1 aliphatic heterocycles. The van der Waals surface area contributed by atoms with Crippen molar-refractivity contribution in [3.8, 4) is 11.8 Å². The van der Waals surface area contributed by atoms with Crippen molar-refractivity contribution < 1.29 is 18.4 Å². The van der Waals surface area contributed by atoms with Gasteiger partial charge in [-0.25, -0.2) is 18.5 Å². The lowest BCUT2D eigenvalue weighted by Crippen LogP contribution is -2.60. The Morgan fingerprint density at radius 1 is 0.939 bits per heavy atom. The number of carbonyl (C=O) groups excluding carboxylic acids is 2. The third-order valence-corrected chi connectivity index (χ3v) is 5.77. The molecule has 0 bridgehead atoms. The Bertz CT molecular complexity index is 1290. The Balaban J connectivity index is 1.68. The highest BCUT2D eigenvalue weighted by Gasteiger charge is 2.48. The molecule has 4 rings (SSSR count). The highest BCUT2D eigenvalue weighted by Crippen LogP contribution is 2.38. The molecule has 1 aliphatic rings. The maximum Gasteiger partial charge on any atom is 0.332 e. The zero-order chi connectivity index (χ0) is 23.8. The second-order valence-corrected chi connectivity index (χ2v) is 8.09. The van der Waals surface area contributed by atoms with E-state index in [0.29, 0.717) is 16.2 Å². The molecule has 1 atom stereocenters. The van der Waals surface area contributed by atoms with Crippen molar-refractivity contribution in [1.82, 2.24) is 9.88 Å². The number of imide groups is 1. The van der Waals surface area contributed by atoms with Crippen LogP contribution in [0.1, 0.15) is 35.9 Å². The third kappa shape index (κ3) is 4.08. The highest BCUT2D eigenvalue weighted by atomic mass is 19.1. The van der Waals surface area contributed by atoms with Crippen molar-refractivity contribution in [3.63, 3.8) is 0 Å². The van der Waals surface area contributed by atoms with Gasteiger partial charge >= 0.3 is 6.03 Å². The first-order valence-corrected chi connectivity index (χ1v) is 10.3. The molecular formula is C26H21F2N3O2. The number of pyridine rings is 1. The summed E-state index contributed by atoms with van der Waals surface area (Å²) in [4.78, 5) is 32.5. The van der Waals surface area contributed by atoms with Gasteiger partial charge in [0.2, 0.25) is 5.91 Å². The number of nitrogens with zero attached hydrogens (tertiary/aromatic N) is 3. The van der Waals surface area contributed by atoms with Crippen LogP contribution < -0.4 is 4.90 Å². The molecule has 1 fully saturated rings. The van der Waals surface area contributed by atoms with Gasteiger partial charge in [-0.15, -0.1) is 0 Å². The summed E-state index contributed by atoms with van der Waals surface area (Å²) in [6.45, 7) is 3.51. The van der Waals surface area contributed by atoms with Crippen molar-refractivity contribution in [1.29, 1.82) is 0 Å². The second-order valence-electron chi connectivity index (χ2n) is 8.09.